The molecule has 0 aliphatic carbocycles. The van der Waals surface area contributed by atoms with Gasteiger partial charge >= 0.3 is 0 Å². The van der Waals surface area contributed by atoms with Crippen LogP contribution in [0.2, 0.25) is 0 Å². The number of fused-ring (bicyclic) bond motifs is 1. The maximum absolute atomic E-state index is 5.77. The van der Waals surface area contributed by atoms with E-state index in [1.807, 2.05) is 0 Å². The third-order valence-corrected chi connectivity index (χ3v) is 4.01. The fourth-order valence-corrected chi connectivity index (χ4v) is 2.71. The number of nitrogens with zero attached hydrogens (tertiary/aromatic N) is 1. The zero-order valence-electron chi connectivity index (χ0n) is 11.6. The smallest absolute Gasteiger partial charge is 0.119 e. The lowest BCUT2D eigenvalue weighted by Crippen LogP contribution is -2.34. The largest absolute Gasteiger partial charge is 0.497 e. The molecule has 3 heteroatoms. The van der Waals surface area contributed by atoms with E-state index in [1.165, 1.54) is 11.1 Å². The molecule has 1 aliphatic heterocycles. The molecule has 0 aromatic heterocycles. The van der Waals surface area contributed by atoms with Crippen molar-refractivity contribution in [3.8, 4) is 5.75 Å². The first kappa shape index (κ1) is 13.4. The fraction of sp³-hybridized carbons (Fsp3) is 0.600. The van der Waals surface area contributed by atoms with Gasteiger partial charge in [0.1, 0.15) is 5.75 Å². The molecule has 2 N–H and O–H groups in total. The van der Waals surface area contributed by atoms with Crippen molar-refractivity contribution in [2.24, 2.45) is 11.7 Å². The second kappa shape index (κ2) is 5.72. The average Bonchev–Trinajstić information content (AvgIpc) is 2.41. The van der Waals surface area contributed by atoms with E-state index < -0.39 is 0 Å². The van der Waals surface area contributed by atoms with Gasteiger partial charge in [0.05, 0.1) is 7.11 Å². The predicted molar refractivity (Wildman–Crippen MR) is 74.9 cm³/mol. The summed E-state index contributed by atoms with van der Waals surface area (Å²) in [6.07, 6.45) is 2.25. The van der Waals surface area contributed by atoms with E-state index in [9.17, 15) is 0 Å². The van der Waals surface area contributed by atoms with Crippen molar-refractivity contribution < 1.29 is 4.74 Å². The topological polar surface area (TPSA) is 38.5 Å². The van der Waals surface area contributed by atoms with Crippen molar-refractivity contribution in [3.05, 3.63) is 29.3 Å². The van der Waals surface area contributed by atoms with Crippen LogP contribution >= 0.6 is 0 Å². The van der Waals surface area contributed by atoms with E-state index in [4.69, 9.17) is 10.5 Å². The normalized spacial score (nSPS) is 21.4. The Kier molecular flexibility index (Phi) is 4.25. The number of hydrogen-bond acceptors (Lipinski definition) is 3. The highest BCUT2D eigenvalue weighted by Gasteiger charge is 2.26. The van der Waals surface area contributed by atoms with Crippen LogP contribution in [0.3, 0.4) is 0 Å². The van der Waals surface area contributed by atoms with Crippen LogP contribution in [0.25, 0.3) is 0 Å². The van der Waals surface area contributed by atoms with Crippen LogP contribution in [-0.4, -0.2) is 32.1 Å². The number of ether oxygens (including phenoxy) is 1. The SMILES string of the molecule is COc1ccc2c(c1)C(CC(C)CN)N(C)CC2. The third kappa shape index (κ3) is 2.68. The van der Waals surface area contributed by atoms with Gasteiger partial charge in [-0.25, -0.2) is 0 Å². The second-order valence-corrected chi connectivity index (χ2v) is 5.39. The minimum Gasteiger partial charge on any atom is -0.497 e. The van der Waals surface area contributed by atoms with Crippen LogP contribution in [0.5, 0.6) is 5.75 Å². The standard InChI is InChI=1S/C15H24N2O/c1-11(10-16)8-15-14-9-13(18-3)5-4-12(14)6-7-17(15)2/h4-5,9,11,15H,6-8,10,16H2,1-3H3. The van der Waals surface area contributed by atoms with E-state index in [-0.39, 0.29) is 0 Å². The Morgan fingerprint density at radius 2 is 2.28 bits per heavy atom. The summed E-state index contributed by atoms with van der Waals surface area (Å²) in [5, 5.41) is 0. The van der Waals surface area contributed by atoms with Crippen molar-refractivity contribution >= 4 is 0 Å². The first-order valence-electron chi connectivity index (χ1n) is 6.72. The molecule has 2 atom stereocenters. The maximum Gasteiger partial charge on any atom is 0.119 e. The van der Waals surface area contributed by atoms with E-state index in [2.05, 4.69) is 37.1 Å². The Morgan fingerprint density at radius 1 is 1.50 bits per heavy atom. The van der Waals surface area contributed by atoms with Gasteiger partial charge in [-0.3, -0.25) is 4.90 Å². The number of methoxy groups -OCH3 is 1. The summed E-state index contributed by atoms with van der Waals surface area (Å²) >= 11 is 0. The van der Waals surface area contributed by atoms with Crippen molar-refractivity contribution in [2.45, 2.75) is 25.8 Å². The van der Waals surface area contributed by atoms with E-state index >= 15 is 0 Å². The highest BCUT2D eigenvalue weighted by molar-refractivity contribution is 5.39. The first-order chi connectivity index (χ1) is 8.65. The molecule has 2 rings (SSSR count). The summed E-state index contributed by atoms with van der Waals surface area (Å²) < 4.78 is 5.35. The van der Waals surface area contributed by atoms with Crippen LogP contribution in [-0.2, 0) is 6.42 Å². The lowest BCUT2D eigenvalue weighted by atomic mass is 9.87. The number of benzene rings is 1. The van der Waals surface area contributed by atoms with Crippen LogP contribution < -0.4 is 10.5 Å². The molecular formula is C15H24N2O. The molecule has 1 heterocycles. The van der Waals surface area contributed by atoms with Gasteiger partial charge in [-0.1, -0.05) is 13.0 Å². The van der Waals surface area contributed by atoms with Gasteiger partial charge in [0, 0.05) is 12.6 Å². The van der Waals surface area contributed by atoms with Gasteiger partial charge in [0.25, 0.3) is 0 Å². The van der Waals surface area contributed by atoms with Gasteiger partial charge in [-0.15, -0.1) is 0 Å². The molecule has 100 valence electrons. The van der Waals surface area contributed by atoms with E-state index in [1.54, 1.807) is 7.11 Å². The van der Waals surface area contributed by atoms with Gasteiger partial charge < -0.3 is 10.5 Å². The number of hydrogen-bond donors (Lipinski definition) is 1. The summed E-state index contributed by atoms with van der Waals surface area (Å²) in [6, 6.07) is 6.94. The summed E-state index contributed by atoms with van der Waals surface area (Å²) in [4.78, 5) is 2.44. The Hall–Kier alpha value is -1.06. The molecule has 18 heavy (non-hydrogen) atoms. The summed E-state index contributed by atoms with van der Waals surface area (Å²) in [7, 11) is 3.93. The highest BCUT2D eigenvalue weighted by Crippen LogP contribution is 2.35. The maximum atomic E-state index is 5.77. The van der Waals surface area contributed by atoms with Crippen LogP contribution in [0.4, 0.5) is 0 Å². The van der Waals surface area contributed by atoms with Gasteiger partial charge in [0.15, 0.2) is 0 Å². The quantitative estimate of drug-likeness (QED) is 0.888. The first-order valence-corrected chi connectivity index (χ1v) is 6.72. The van der Waals surface area contributed by atoms with Crippen molar-refractivity contribution in [3.63, 3.8) is 0 Å². The number of nitrogens with two attached hydrogens (primary N) is 1. The average molecular weight is 248 g/mol. The summed E-state index contributed by atoms with van der Waals surface area (Å²) in [6.45, 7) is 4.10. The van der Waals surface area contributed by atoms with Gasteiger partial charge in [-0.05, 0) is 55.6 Å². The Bertz CT molecular complexity index is 405. The van der Waals surface area contributed by atoms with Gasteiger partial charge in [-0.2, -0.15) is 0 Å². The fourth-order valence-electron chi connectivity index (χ4n) is 2.71. The Balaban J connectivity index is 2.29. The summed E-state index contributed by atoms with van der Waals surface area (Å²) in [5.74, 6) is 1.50. The lowest BCUT2D eigenvalue weighted by Gasteiger charge is -2.36. The number of likely N-dealkylation sites (N-methyl/N-ethyl adjacent to an activating group) is 1. The van der Waals surface area contributed by atoms with Crippen molar-refractivity contribution in [1.82, 2.24) is 4.90 Å². The monoisotopic (exact) mass is 248 g/mol. The predicted octanol–water partition coefficient (Wildman–Crippen LogP) is 2.21. The van der Waals surface area contributed by atoms with Gasteiger partial charge in [0.2, 0.25) is 0 Å². The minimum atomic E-state index is 0.474. The van der Waals surface area contributed by atoms with Crippen LogP contribution in [0, 0.1) is 5.92 Å². The molecule has 1 aromatic rings. The third-order valence-electron chi connectivity index (χ3n) is 4.01. The second-order valence-electron chi connectivity index (χ2n) is 5.39. The molecule has 1 aromatic carbocycles. The molecule has 0 saturated carbocycles. The Labute approximate surface area is 110 Å². The molecular weight excluding hydrogens is 224 g/mol. The lowest BCUT2D eigenvalue weighted by molar-refractivity contribution is 0.199. The van der Waals surface area contributed by atoms with Crippen molar-refractivity contribution in [1.29, 1.82) is 0 Å². The van der Waals surface area contributed by atoms with Crippen LogP contribution in [0.15, 0.2) is 18.2 Å². The van der Waals surface area contributed by atoms with Crippen LogP contribution in [0.1, 0.15) is 30.5 Å². The molecule has 3 nitrogen and oxygen atoms in total. The van der Waals surface area contributed by atoms with Crippen molar-refractivity contribution in [2.75, 3.05) is 27.2 Å². The molecule has 0 bridgehead atoms. The Morgan fingerprint density at radius 3 is 2.94 bits per heavy atom. The molecule has 0 radical (unpaired) electrons. The molecule has 1 aliphatic rings. The van der Waals surface area contributed by atoms with E-state index in [0.717, 1.165) is 31.7 Å². The van der Waals surface area contributed by atoms with E-state index in [0.29, 0.717) is 12.0 Å². The molecule has 2 unspecified atom stereocenters. The zero-order valence-corrected chi connectivity index (χ0v) is 11.6. The molecule has 0 spiro atoms. The number of rotatable bonds is 4. The molecule has 0 saturated heterocycles. The minimum absolute atomic E-state index is 0.474. The molecule has 0 amide bonds. The zero-order chi connectivity index (χ0) is 13.1. The highest BCUT2D eigenvalue weighted by atomic mass is 16.5. The molecule has 0 fully saturated rings. The summed E-state index contributed by atoms with van der Waals surface area (Å²) in [5.41, 5.74) is 8.65.